The van der Waals surface area contributed by atoms with Crippen LogP contribution < -0.4 is 10.1 Å². The van der Waals surface area contributed by atoms with Crippen molar-refractivity contribution in [3.8, 4) is 11.4 Å². The third-order valence-corrected chi connectivity index (χ3v) is 6.38. The molecule has 0 bridgehead atoms. The number of thioether (sulfide) groups is 1. The van der Waals surface area contributed by atoms with Crippen LogP contribution in [-0.4, -0.2) is 50.5 Å². The minimum absolute atomic E-state index is 0.0611. The Kier molecular flexibility index (Phi) is 5.95. The number of amides is 1. The summed E-state index contributed by atoms with van der Waals surface area (Å²) in [7, 11) is 1.65. The number of aromatic amines is 1. The Labute approximate surface area is 194 Å². The van der Waals surface area contributed by atoms with E-state index in [0.29, 0.717) is 11.7 Å². The van der Waals surface area contributed by atoms with Gasteiger partial charge in [0.25, 0.3) is 0 Å². The van der Waals surface area contributed by atoms with E-state index in [2.05, 4.69) is 25.8 Å². The first kappa shape index (κ1) is 21.0. The quantitative estimate of drug-likeness (QED) is 0.344. The lowest BCUT2D eigenvalue weighted by atomic mass is 10.1. The van der Waals surface area contributed by atoms with Gasteiger partial charge in [0.1, 0.15) is 5.75 Å². The number of tetrazole rings is 1. The number of methoxy groups -OCH3 is 1. The van der Waals surface area contributed by atoms with Crippen LogP contribution in [0.2, 0.25) is 0 Å². The molecule has 3 aromatic carbocycles. The van der Waals surface area contributed by atoms with E-state index in [-0.39, 0.29) is 11.7 Å². The lowest BCUT2D eigenvalue weighted by Crippen LogP contribution is -2.27. The SMILES string of the molecule is COc1ccc2c(CCNC(=O)CSc3nnnn3-c3cccc4ccccc34)c[nH]c2c1. The fraction of sp³-hybridized carbons (Fsp3) is 0.167. The average molecular weight is 459 g/mol. The van der Waals surface area contributed by atoms with Crippen molar-refractivity contribution in [3.63, 3.8) is 0 Å². The molecule has 0 spiro atoms. The minimum atomic E-state index is -0.0611. The molecule has 0 aliphatic heterocycles. The van der Waals surface area contributed by atoms with E-state index in [1.807, 2.05) is 66.9 Å². The van der Waals surface area contributed by atoms with Gasteiger partial charge in [-0.1, -0.05) is 48.2 Å². The lowest BCUT2D eigenvalue weighted by molar-refractivity contribution is -0.118. The Balaban J connectivity index is 1.19. The van der Waals surface area contributed by atoms with Crippen LogP contribution in [0.4, 0.5) is 0 Å². The van der Waals surface area contributed by atoms with E-state index in [9.17, 15) is 4.79 Å². The van der Waals surface area contributed by atoms with Crippen molar-refractivity contribution in [2.75, 3.05) is 19.4 Å². The normalized spacial score (nSPS) is 11.2. The van der Waals surface area contributed by atoms with E-state index in [1.54, 1.807) is 11.8 Å². The number of fused-ring (bicyclic) bond motifs is 2. The molecular weight excluding hydrogens is 436 g/mol. The van der Waals surface area contributed by atoms with E-state index in [0.717, 1.165) is 45.1 Å². The second-order valence-electron chi connectivity index (χ2n) is 7.49. The van der Waals surface area contributed by atoms with Gasteiger partial charge in [0.05, 0.1) is 18.6 Å². The van der Waals surface area contributed by atoms with Gasteiger partial charge in [-0.2, -0.15) is 4.68 Å². The number of rotatable bonds is 8. The Morgan fingerprint density at radius 3 is 2.91 bits per heavy atom. The van der Waals surface area contributed by atoms with Crippen LogP contribution in [0.15, 0.2) is 72.0 Å². The predicted octanol–water partition coefficient (Wildman–Crippen LogP) is 3.76. The molecule has 0 atom stereocenters. The van der Waals surface area contributed by atoms with Crippen LogP contribution in [0.3, 0.4) is 0 Å². The molecule has 8 nitrogen and oxygen atoms in total. The molecule has 9 heteroatoms. The highest BCUT2D eigenvalue weighted by molar-refractivity contribution is 7.99. The molecule has 2 N–H and O–H groups in total. The number of hydrogen-bond acceptors (Lipinski definition) is 6. The molecule has 0 fully saturated rings. The number of H-pyrrole nitrogens is 1. The van der Waals surface area contributed by atoms with Gasteiger partial charge in [0.2, 0.25) is 11.1 Å². The van der Waals surface area contributed by atoms with Crippen molar-refractivity contribution in [1.29, 1.82) is 0 Å². The number of carbonyl (C=O) groups excluding carboxylic acids is 1. The highest BCUT2D eigenvalue weighted by Gasteiger charge is 2.14. The molecular formula is C24H22N6O2S. The Morgan fingerprint density at radius 2 is 2.00 bits per heavy atom. The number of nitrogens with one attached hydrogen (secondary N) is 2. The van der Waals surface area contributed by atoms with Crippen molar-refractivity contribution in [1.82, 2.24) is 30.5 Å². The molecule has 0 aliphatic carbocycles. The summed E-state index contributed by atoms with van der Waals surface area (Å²) in [5, 5.41) is 18.9. The molecule has 0 unspecified atom stereocenters. The zero-order valence-corrected chi connectivity index (χ0v) is 18.8. The third-order valence-electron chi connectivity index (χ3n) is 5.46. The molecule has 1 amide bonds. The van der Waals surface area contributed by atoms with Crippen LogP contribution in [0.25, 0.3) is 27.4 Å². The summed E-state index contributed by atoms with van der Waals surface area (Å²) in [4.78, 5) is 15.7. The van der Waals surface area contributed by atoms with E-state index in [1.165, 1.54) is 11.8 Å². The van der Waals surface area contributed by atoms with Gasteiger partial charge in [0, 0.05) is 35.1 Å². The molecule has 0 radical (unpaired) electrons. The second kappa shape index (κ2) is 9.33. The first-order chi connectivity index (χ1) is 16.2. The highest BCUT2D eigenvalue weighted by atomic mass is 32.2. The van der Waals surface area contributed by atoms with Gasteiger partial charge in [-0.3, -0.25) is 4.79 Å². The number of hydrogen-bond donors (Lipinski definition) is 2. The molecule has 166 valence electrons. The number of nitrogens with zero attached hydrogens (tertiary/aromatic N) is 4. The Hall–Kier alpha value is -3.85. The topological polar surface area (TPSA) is 97.7 Å². The molecule has 0 saturated heterocycles. The summed E-state index contributed by atoms with van der Waals surface area (Å²) < 4.78 is 6.95. The van der Waals surface area contributed by atoms with E-state index in [4.69, 9.17) is 4.74 Å². The molecule has 2 heterocycles. The smallest absolute Gasteiger partial charge is 0.230 e. The minimum Gasteiger partial charge on any atom is -0.497 e. The maximum Gasteiger partial charge on any atom is 0.230 e. The van der Waals surface area contributed by atoms with Crippen molar-refractivity contribution in [2.45, 2.75) is 11.6 Å². The standard InChI is InChI=1S/C24H22N6O2S/c1-32-18-9-10-19-17(14-26-21(19)13-18)11-12-25-23(31)15-33-24-27-28-29-30(24)22-8-4-6-16-5-2-3-7-20(16)22/h2-10,13-14,26H,11-12,15H2,1H3,(H,25,31). The third kappa shape index (κ3) is 4.40. The van der Waals surface area contributed by atoms with Gasteiger partial charge in [-0.05, 0) is 46.0 Å². The highest BCUT2D eigenvalue weighted by Crippen LogP contribution is 2.25. The van der Waals surface area contributed by atoms with Crippen LogP contribution in [0, 0.1) is 0 Å². The molecule has 5 rings (SSSR count). The van der Waals surface area contributed by atoms with Crippen LogP contribution >= 0.6 is 11.8 Å². The predicted molar refractivity (Wildman–Crippen MR) is 129 cm³/mol. The summed E-state index contributed by atoms with van der Waals surface area (Å²) in [5.74, 6) is 0.983. The first-order valence-electron chi connectivity index (χ1n) is 10.5. The fourth-order valence-corrected chi connectivity index (χ4v) is 4.54. The fourth-order valence-electron chi connectivity index (χ4n) is 3.83. The summed E-state index contributed by atoms with van der Waals surface area (Å²) in [5.41, 5.74) is 3.06. The Morgan fingerprint density at radius 1 is 1.12 bits per heavy atom. The van der Waals surface area contributed by atoms with Gasteiger partial charge in [0.15, 0.2) is 0 Å². The molecule has 33 heavy (non-hydrogen) atoms. The van der Waals surface area contributed by atoms with Crippen LogP contribution in [0.5, 0.6) is 5.75 Å². The summed E-state index contributed by atoms with van der Waals surface area (Å²) >= 11 is 1.31. The van der Waals surface area contributed by atoms with Crippen molar-refractivity contribution >= 4 is 39.3 Å². The first-order valence-corrected chi connectivity index (χ1v) is 11.5. The second-order valence-corrected chi connectivity index (χ2v) is 8.43. The molecule has 0 saturated carbocycles. The molecule has 0 aliphatic rings. The van der Waals surface area contributed by atoms with Gasteiger partial charge < -0.3 is 15.0 Å². The van der Waals surface area contributed by atoms with Crippen LogP contribution in [0.1, 0.15) is 5.56 Å². The average Bonchev–Trinajstić information content (AvgIpc) is 3.49. The van der Waals surface area contributed by atoms with Crippen molar-refractivity contribution in [2.24, 2.45) is 0 Å². The zero-order chi connectivity index (χ0) is 22.6. The Bertz CT molecular complexity index is 1420. The lowest BCUT2D eigenvalue weighted by Gasteiger charge is -2.08. The number of carbonyl (C=O) groups is 1. The maximum absolute atomic E-state index is 12.4. The number of benzene rings is 3. The zero-order valence-electron chi connectivity index (χ0n) is 18.0. The van der Waals surface area contributed by atoms with Crippen molar-refractivity contribution < 1.29 is 9.53 Å². The van der Waals surface area contributed by atoms with Crippen molar-refractivity contribution in [3.05, 3.63) is 72.4 Å². The van der Waals surface area contributed by atoms with E-state index >= 15 is 0 Å². The van der Waals surface area contributed by atoms with E-state index < -0.39 is 0 Å². The van der Waals surface area contributed by atoms with Gasteiger partial charge in [-0.15, -0.1) is 5.10 Å². The monoisotopic (exact) mass is 458 g/mol. The van der Waals surface area contributed by atoms with Crippen LogP contribution in [-0.2, 0) is 11.2 Å². The van der Waals surface area contributed by atoms with Gasteiger partial charge >= 0.3 is 0 Å². The van der Waals surface area contributed by atoms with Gasteiger partial charge in [-0.25, -0.2) is 0 Å². The number of ether oxygens (including phenoxy) is 1. The summed E-state index contributed by atoms with van der Waals surface area (Å²) in [6, 6.07) is 20.0. The maximum atomic E-state index is 12.4. The summed E-state index contributed by atoms with van der Waals surface area (Å²) in [6.07, 6.45) is 2.71. The molecule has 2 aromatic heterocycles. The molecule has 5 aromatic rings. The summed E-state index contributed by atoms with van der Waals surface area (Å²) in [6.45, 7) is 0.548. The number of aromatic nitrogens is 5. The largest absolute Gasteiger partial charge is 0.497 e.